The fraction of sp³-hybridized carbons (Fsp3) is 0.700. The number of carbonyl (C=O) groups excluding carboxylic acids is 1. The molecular formula is C10H16O3. The lowest BCUT2D eigenvalue weighted by molar-refractivity contribution is -0.136. The van der Waals surface area contributed by atoms with Gasteiger partial charge in [-0.25, -0.2) is 0 Å². The number of ketones is 1. The smallest absolute Gasteiger partial charge is 0.228 e. The van der Waals surface area contributed by atoms with Gasteiger partial charge < -0.3 is 10.2 Å². The van der Waals surface area contributed by atoms with Crippen molar-refractivity contribution in [3.05, 3.63) is 11.3 Å². The largest absolute Gasteiger partial charge is 0.504 e. The van der Waals surface area contributed by atoms with Crippen molar-refractivity contribution in [3.63, 3.8) is 0 Å². The summed E-state index contributed by atoms with van der Waals surface area (Å²) in [5.74, 6) is -0.603. The first kappa shape index (κ1) is 10.3. The third kappa shape index (κ3) is 1.75. The van der Waals surface area contributed by atoms with Gasteiger partial charge >= 0.3 is 0 Å². The first-order valence-corrected chi connectivity index (χ1v) is 4.55. The average molecular weight is 184 g/mol. The molecule has 13 heavy (non-hydrogen) atoms. The van der Waals surface area contributed by atoms with Gasteiger partial charge in [0.2, 0.25) is 5.78 Å². The quantitative estimate of drug-likeness (QED) is 0.650. The van der Waals surface area contributed by atoms with Crippen molar-refractivity contribution in [3.8, 4) is 0 Å². The van der Waals surface area contributed by atoms with Crippen LogP contribution in [-0.4, -0.2) is 21.6 Å². The molecule has 0 saturated heterocycles. The average Bonchev–Trinajstić information content (AvgIpc) is 2.00. The molecule has 0 fully saturated rings. The highest BCUT2D eigenvalue weighted by Gasteiger charge is 2.38. The van der Waals surface area contributed by atoms with E-state index in [1.807, 2.05) is 13.8 Å². The van der Waals surface area contributed by atoms with E-state index in [0.717, 1.165) is 5.57 Å². The Hall–Kier alpha value is -0.830. The molecule has 0 radical (unpaired) electrons. The molecule has 0 bridgehead atoms. The minimum absolute atomic E-state index is 0.167. The van der Waals surface area contributed by atoms with Crippen LogP contribution in [0.3, 0.4) is 0 Å². The molecule has 0 aromatic heterocycles. The lowest BCUT2D eigenvalue weighted by atomic mass is 9.81. The van der Waals surface area contributed by atoms with Gasteiger partial charge in [0, 0.05) is 0 Å². The Bertz CT molecular complexity index is 261. The Kier molecular flexibility index (Phi) is 2.48. The van der Waals surface area contributed by atoms with Crippen molar-refractivity contribution in [2.45, 2.75) is 39.2 Å². The molecule has 1 rings (SSSR count). The summed E-state index contributed by atoms with van der Waals surface area (Å²) in [4.78, 5) is 11.4. The fourth-order valence-corrected chi connectivity index (χ4v) is 1.57. The van der Waals surface area contributed by atoms with Crippen molar-refractivity contribution >= 4 is 5.78 Å². The predicted molar refractivity (Wildman–Crippen MR) is 49.4 cm³/mol. The Labute approximate surface area is 78.1 Å². The van der Waals surface area contributed by atoms with Gasteiger partial charge in [-0.2, -0.15) is 0 Å². The van der Waals surface area contributed by atoms with E-state index in [0.29, 0.717) is 12.8 Å². The molecule has 1 aliphatic carbocycles. The summed E-state index contributed by atoms with van der Waals surface area (Å²) < 4.78 is 0. The number of rotatable bonds is 1. The van der Waals surface area contributed by atoms with Gasteiger partial charge in [0.25, 0.3) is 0 Å². The van der Waals surface area contributed by atoms with Gasteiger partial charge in [-0.1, -0.05) is 13.8 Å². The van der Waals surface area contributed by atoms with Crippen LogP contribution in [0.2, 0.25) is 0 Å². The van der Waals surface area contributed by atoms with Crippen LogP contribution in [0.1, 0.15) is 33.6 Å². The van der Waals surface area contributed by atoms with Crippen LogP contribution in [0.4, 0.5) is 0 Å². The molecule has 2 N–H and O–H groups in total. The highest BCUT2D eigenvalue weighted by atomic mass is 16.3. The Balaban J connectivity index is 3.03. The Morgan fingerprint density at radius 1 is 1.46 bits per heavy atom. The molecule has 1 atom stereocenters. The first-order valence-electron chi connectivity index (χ1n) is 4.55. The fourth-order valence-electron chi connectivity index (χ4n) is 1.57. The molecule has 0 aromatic carbocycles. The minimum Gasteiger partial charge on any atom is -0.504 e. The normalized spacial score (nSPS) is 30.1. The molecule has 0 heterocycles. The van der Waals surface area contributed by atoms with Crippen LogP contribution >= 0.6 is 0 Å². The SMILES string of the molecule is CC(C)C1=C(O)C(=O)C(C)(O)CC1. The molecular weight excluding hydrogens is 168 g/mol. The van der Waals surface area contributed by atoms with Crippen molar-refractivity contribution in [2.24, 2.45) is 5.92 Å². The predicted octanol–water partition coefficient (Wildman–Crippen LogP) is 1.57. The van der Waals surface area contributed by atoms with Crippen LogP contribution in [0.15, 0.2) is 11.3 Å². The maximum atomic E-state index is 11.4. The van der Waals surface area contributed by atoms with Gasteiger partial charge in [-0.3, -0.25) is 4.79 Å². The number of aliphatic hydroxyl groups is 2. The van der Waals surface area contributed by atoms with E-state index in [4.69, 9.17) is 0 Å². The highest BCUT2D eigenvalue weighted by molar-refractivity contribution is 6.00. The van der Waals surface area contributed by atoms with E-state index in [9.17, 15) is 15.0 Å². The second-order valence-electron chi connectivity index (χ2n) is 4.13. The van der Waals surface area contributed by atoms with Crippen molar-refractivity contribution in [1.29, 1.82) is 0 Å². The Morgan fingerprint density at radius 3 is 2.46 bits per heavy atom. The number of hydrogen-bond donors (Lipinski definition) is 2. The van der Waals surface area contributed by atoms with Crippen molar-refractivity contribution < 1.29 is 15.0 Å². The van der Waals surface area contributed by atoms with Gasteiger partial charge in [0.1, 0.15) is 5.60 Å². The number of aliphatic hydroxyl groups excluding tert-OH is 1. The molecule has 74 valence electrons. The van der Waals surface area contributed by atoms with E-state index in [-0.39, 0.29) is 11.7 Å². The first-order chi connectivity index (χ1) is 5.86. The van der Waals surface area contributed by atoms with Crippen molar-refractivity contribution in [2.75, 3.05) is 0 Å². The molecule has 1 unspecified atom stereocenters. The van der Waals surface area contributed by atoms with E-state index >= 15 is 0 Å². The monoisotopic (exact) mass is 184 g/mol. The Morgan fingerprint density at radius 2 is 2.00 bits per heavy atom. The molecule has 0 saturated carbocycles. The molecule has 0 spiro atoms. The number of carbonyl (C=O) groups is 1. The maximum Gasteiger partial charge on any atom is 0.228 e. The summed E-state index contributed by atoms with van der Waals surface area (Å²) in [6.07, 6.45) is 1.01. The maximum absolute atomic E-state index is 11.4. The van der Waals surface area contributed by atoms with Crippen LogP contribution in [0, 0.1) is 5.92 Å². The minimum atomic E-state index is -1.37. The zero-order chi connectivity index (χ0) is 10.2. The zero-order valence-electron chi connectivity index (χ0n) is 8.29. The molecule has 0 aliphatic heterocycles. The molecule has 3 heteroatoms. The standard InChI is InChI=1S/C10H16O3/c1-6(2)7-4-5-10(3,13)9(12)8(7)11/h6,11,13H,4-5H2,1-3H3. The number of Topliss-reactive ketones (excluding diaryl/α,β-unsaturated/α-hetero) is 1. The third-order valence-corrected chi connectivity index (χ3v) is 2.59. The van der Waals surface area contributed by atoms with E-state index in [1.165, 1.54) is 6.92 Å². The van der Waals surface area contributed by atoms with E-state index < -0.39 is 11.4 Å². The van der Waals surface area contributed by atoms with Crippen molar-refractivity contribution in [1.82, 2.24) is 0 Å². The van der Waals surface area contributed by atoms with Crippen LogP contribution in [0.5, 0.6) is 0 Å². The summed E-state index contributed by atoms with van der Waals surface area (Å²) in [5.41, 5.74) is -0.612. The topological polar surface area (TPSA) is 57.5 Å². The number of allylic oxidation sites excluding steroid dienone is 1. The van der Waals surface area contributed by atoms with Gasteiger partial charge in [0.05, 0.1) is 0 Å². The molecule has 0 aromatic rings. The summed E-state index contributed by atoms with van der Waals surface area (Å²) in [6.45, 7) is 5.31. The van der Waals surface area contributed by atoms with Crippen LogP contribution in [-0.2, 0) is 4.79 Å². The molecule has 0 amide bonds. The second-order valence-corrected chi connectivity index (χ2v) is 4.13. The third-order valence-electron chi connectivity index (χ3n) is 2.59. The molecule has 3 nitrogen and oxygen atoms in total. The van der Waals surface area contributed by atoms with Crippen LogP contribution in [0.25, 0.3) is 0 Å². The summed E-state index contributed by atoms with van der Waals surface area (Å²) in [6, 6.07) is 0. The summed E-state index contributed by atoms with van der Waals surface area (Å²) in [5, 5.41) is 19.1. The second kappa shape index (κ2) is 3.14. The summed E-state index contributed by atoms with van der Waals surface area (Å²) in [7, 11) is 0. The lowest BCUT2D eigenvalue weighted by Crippen LogP contribution is -2.40. The summed E-state index contributed by atoms with van der Waals surface area (Å²) >= 11 is 0. The molecule has 1 aliphatic rings. The van der Waals surface area contributed by atoms with Gasteiger partial charge in [0.15, 0.2) is 5.76 Å². The highest BCUT2D eigenvalue weighted by Crippen LogP contribution is 2.31. The lowest BCUT2D eigenvalue weighted by Gasteiger charge is -2.29. The van der Waals surface area contributed by atoms with E-state index in [1.54, 1.807) is 0 Å². The number of hydrogen-bond acceptors (Lipinski definition) is 3. The van der Waals surface area contributed by atoms with Gasteiger partial charge in [-0.05, 0) is 31.3 Å². The van der Waals surface area contributed by atoms with Crippen LogP contribution < -0.4 is 0 Å². The van der Waals surface area contributed by atoms with Gasteiger partial charge in [-0.15, -0.1) is 0 Å². The zero-order valence-corrected chi connectivity index (χ0v) is 8.29. The van der Waals surface area contributed by atoms with E-state index in [2.05, 4.69) is 0 Å².